The highest BCUT2D eigenvalue weighted by molar-refractivity contribution is 7.75. The zero-order valence-electron chi connectivity index (χ0n) is 17.3. The molecular weight excluding hydrogens is 440 g/mol. The van der Waals surface area contributed by atoms with Gasteiger partial charge in [-0.25, -0.2) is 15.0 Å². The first-order valence-corrected chi connectivity index (χ1v) is 11.2. The van der Waals surface area contributed by atoms with Gasteiger partial charge in [0, 0.05) is 42.6 Å². The minimum absolute atomic E-state index is 0.431. The Labute approximate surface area is 194 Å². The maximum Gasteiger partial charge on any atom is 0.199 e. The molecule has 0 saturated carbocycles. The van der Waals surface area contributed by atoms with Crippen LogP contribution in [0.15, 0.2) is 67.1 Å². The number of benzene rings is 1. The molecule has 32 heavy (non-hydrogen) atoms. The molecule has 0 radical (unpaired) electrons. The van der Waals surface area contributed by atoms with Crippen LogP contribution in [0.1, 0.15) is 0 Å². The number of anilines is 1. The van der Waals surface area contributed by atoms with Gasteiger partial charge in [-0.15, -0.1) is 11.3 Å². The topological polar surface area (TPSA) is 77.8 Å². The van der Waals surface area contributed by atoms with Crippen molar-refractivity contribution in [2.75, 3.05) is 18.5 Å². The van der Waals surface area contributed by atoms with Gasteiger partial charge >= 0.3 is 0 Å². The molecule has 4 heterocycles. The second-order valence-electron chi connectivity index (χ2n) is 7.08. The van der Waals surface area contributed by atoms with Crippen molar-refractivity contribution < 1.29 is 4.18 Å². The van der Waals surface area contributed by atoms with Crippen LogP contribution in [0.2, 0.25) is 0 Å². The second kappa shape index (κ2) is 9.07. The number of rotatable bonds is 7. The van der Waals surface area contributed by atoms with Gasteiger partial charge in [-0.2, -0.15) is 0 Å². The van der Waals surface area contributed by atoms with E-state index in [4.69, 9.17) is 14.2 Å². The third-order valence-electron chi connectivity index (χ3n) is 5.02. The van der Waals surface area contributed by atoms with Gasteiger partial charge in [0.15, 0.2) is 11.6 Å². The molecule has 0 unspecified atom stereocenters. The highest BCUT2D eigenvalue weighted by Gasteiger charge is 2.23. The zero-order valence-corrected chi connectivity index (χ0v) is 19.0. The Balaban J connectivity index is 1.80. The lowest BCUT2D eigenvalue weighted by Gasteiger charge is -2.11. The number of thiophene rings is 1. The molecule has 4 aromatic heterocycles. The summed E-state index contributed by atoms with van der Waals surface area (Å²) in [6, 6.07) is 16.2. The number of nitrogens with zero attached hydrogens (tertiary/aromatic N) is 5. The molecule has 7 nitrogen and oxygen atoms in total. The van der Waals surface area contributed by atoms with Gasteiger partial charge in [0.25, 0.3) is 0 Å². The van der Waals surface area contributed by atoms with Crippen molar-refractivity contribution in [3.05, 3.63) is 67.1 Å². The van der Waals surface area contributed by atoms with Crippen molar-refractivity contribution in [2.24, 2.45) is 7.05 Å². The summed E-state index contributed by atoms with van der Waals surface area (Å²) in [7, 11) is 1.93. The van der Waals surface area contributed by atoms with E-state index in [0.717, 1.165) is 37.7 Å². The van der Waals surface area contributed by atoms with Crippen LogP contribution >= 0.6 is 24.2 Å². The number of imidazole rings is 1. The molecule has 9 heteroatoms. The zero-order chi connectivity index (χ0) is 21.9. The highest BCUT2D eigenvalue weighted by Crippen LogP contribution is 2.46. The van der Waals surface area contributed by atoms with E-state index < -0.39 is 0 Å². The number of aromatic nitrogens is 5. The van der Waals surface area contributed by atoms with Gasteiger partial charge in [-0.1, -0.05) is 36.4 Å². The van der Waals surface area contributed by atoms with Crippen LogP contribution in [0, 0.1) is 0 Å². The molecule has 0 aliphatic carbocycles. The lowest BCUT2D eigenvalue weighted by atomic mass is 10.0. The van der Waals surface area contributed by atoms with Crippen molar-refractivity contribution in [1.29, 1.82) is 0 Å². The minimum atomic E-state index is 0.431. The number of thiol groups is 1. The number of fused-ring (bicyclic) bond motifs is 1. The van der Waals surface area contributed by atoms with Crippen molar-refractivity contribution in [3.63, 3.8) is 0 Å². The van der Waals surface area contributed by atoms with Crippen molar-refractivity contribution in [2.45, 2.75) is 0 Å². The van der Waals surface area contributed by atoms with E-state index in [1.165, 1.54) is 0 Å². The third kappa shape index (κ3) is 3.86. The van der Waals surface area contributed by atoms with E-state index in [2.05, 4.69) is 40.3 Å². The minimum Gasteiger partial charge on any atom is -0.367 e. The number of hydrogen-bond donors (Lipinski definition) is 2. The standard InChI is InChI=1S/C23H20N6OS2/c1-29-13-11-26-22(29)21-27-20(25-12-14-30-31)18-17(16-9-5-6-10-24-16)19(32-23(18)28-21)15-7-3-2-4-8-15/h2-11,13,31H,12,14H2,1H3,(H,25,27,28). The molecule has 0 spiro atoms. The number of pyridine rings is 1. The average molecular weight is 461 g/mol. The fourth-order valence-corrected chi connectivity index (χ4v) is 4.85. The Morgan fingerprint density at radius 3 is 2.59 bits per heavy atom. The summed E-state index contributed by atoms with van der Waals surface area (Å²) in [5.74, 6) is 1.99. The van der Waals surface area contributed by atoms with Crippen molar-refractivity contribution >= 4 is 40.3 Å². The monoisotopic (exact) mass is 460 g/mol. The van der Waals surface area contributed by atoms with Gasteiger partial charge < -0.3 is 14.1 Å². The quantitative estimate of drug-likeness (QED) is 0.200. The predicted octanol–water partition coefficient (Wildman–Crippen LogP) is 5.09. The Morgan fingerprint density at radius 2 is 1.88 bits per heavy atom. The summed E-state index contributed by atoms with van der Waals surface area (Å²) in [5, 5.41) is 4.34. The second-order valence-corrected chi connectivity index (χ2v) is 8.34. The summed E-state index contributed by atoms with van der Waals surface area (Å²) in [5.41, 5.74) is 3.00. The molecule has 0 atom stereocenters. The van der Waals surface area contributed by atoms with E-state index in [0.29, 0.717) is 24.8 Å². The van der Waals surface area contributed by atoms with E-state index in [9.17, 15) is 0 Å². The highest BCUT2D eigenvalue weighted by atomic mass is 32.1. The molecule has 0 fully saturated rings. The first kappa shape index (κ1) is 20.6. The van der Waals surface area contributed by atoms with Crippen LogP contribution in [0.25, 0.3) is 43.6 Å². The fourth-order valence-electron chi connectivity index (χ4n) is 3.57. The largest absolute Gasteiger partial charge is 0.367 e. The SMILES string of the molecule is Cn1ccnc1-c1nc(NCCOS)c2c(-c3ccccn3)c(-c3ccccc3)sc2n1. The normalized spacial score (nSPS) is 11.2. The predicted molar refractivity (Wildman–Crippen MR) is 132 cm³/mol. The average Bonchev–Trinajstić information content (AvgIpc) is 3.44. The molecule has 0 saturated heterocycles. The van der Waals surface area contributed by atoms with Crippen molar-refractivity contribution in [1.82, 2.24) is 24.5 Å². The van der Waals surface area contributed by atoms with Crippen LogP contribution in [0.5, 0.6) is 0 Å². The Hall–Kier alpha value is -3.27. The van der Waals surface area contributed by atoms with E-state index in [1.54, 1.807) is 23.7 Å². The van der Waals surface area contributed by atoms with Crippen LogP contribution in [-0.4, -0.2) is 37.7 Å². The van der Waals surface area contributed by atoms with Crippen LogP contribution < -0.4 is 5.32 Å². The maximum absolute atomic E-state index is 4.95. The lowest BCUT2D eigenvalue weighted by Crippen LogP contribution is -2.09. The van der Waals surface area contributed by atoms with Crippen molar-refractivity contribution in [3.8, 4) is 33.3 Å². The number of nitrogens with one attached hydrogen (secondary N) is 1. The molecule has 0 bridgehead atoms. The molecule has 0 amide bonds. The summed E-state index contributed by atoms with van der Waals surface area (Å²) in [6.45, 7) is 0.981. The first-order chi connectivity index (χ1) is 15.8. The molecule has 0 aliphatic heterocycles. The summed E-state index contributed by atoms with van der Waals surface area (Å²) >= 11 is 5.49. The molecule has 0 aliphatic rings. The van der Waals surface area contributed by atoms with E-state index >= 15 is 0 Å². The van der Waals surface area contributed by atoms with E-state index in [1.807, 2.05) is 54.2 Å². The van der Waals surface area contributed by atoms with Crippen LogP contribution in [0.4, 0.5) is 5.82 Å². The molecular formula is C23H20N6OS2. The maximum atomic E-state index is 4.95. The Morgan fingerprint density at radius 1 is 1.03 bits per heavy atom. The summed E-state index contributed by atoms with van der Waals surface area (Å²) in [4.78, 5) is 20.8. The fraction of sp³-hybridized carbons (Fsp3) is 0.130. The van der Waals surface area contributed by atoms with Gasteiger partial charge in [0.05, 0.1) is 17.7 Å². The smallest absolute Gasteiger partial charge is 0.199 e. The lowest BCUT2D eigenvalue weighted by molar-refractivity contribution is 0.400. The third-order valence-corrected chi connectivity index (χ3v) is 6.33. The molecule has 1 aromatic carbocycles. The van der Waals surface area contributed by atoms with Gasteiger partial charge in [-0.05, 0) is 30.6 Å². The molecule has 1 N–H and O–H groups in total. The number of aryl methyl sites for hydroxylation is 1. The van der Waals surface area contributed by atoms with Crippen LogP contribution in [-0.2, 0) is 11.2 Å². The van der Waals surface area contributed by atoms with Gasteiger partial charge in [0.2, 0.25) is 0 Å². The first-order valence-electron chi connectivity index (χ1n) is 10.1. The van der Waals surface area contributed by atoms with E-state index in [-0.39, 0.29) is 0 Å². The summed E-state index contributed by atoms with van der Waals surface area (Å²) < 4.78 is 6.86. The number of hydrogen-bond acceptors (Lipinski definition) is 8. The molecule has 5 aromatic rings. The molecule has 160 valence electrons. The summed E-state index contributed by atoms with van der Waals surface area (Å²) in [6.07, 6.45) is 5.43. The van der Waals surface area contributed by atoms with Crippen LogP contribution in [0.3, 0.4) is 0 Å². The van der Waals surface area contributed by atoms with Gasteiger partial charge in [-0.3, -0.25) is 4.98 Å². The Bertz CT molecular complexity index is 1350. The Kier molecular flexibility index (Phi) is 5.85. The molecule has 5 rings (SSSR count). The van der Waals surface area contributed by atoms with Gasteiger partial charge in [0.1, 0.15) is 10.6 Å².